The molecule has 0 saturated heterocycles. The number of nitrogens with one attached hydrogen (secondary N) is 2. The third-order valence-corrected chi connectivity index (χ3v) is 4.19. The Labute approximate surface area is 143 Å². The molecular weight excluding hydrogens is 333 g/mol. The van der Waals surface area contributed by atoms with Crippen LogP contribution in [0.5, 0.6) is 0 Å². The molecule has 0 unspecified atom stereocenters. The van der Waals surface area contributed by atoms with Crippen molar-refractivity contribution in [1.29, 1.82) is 0 Å². The molecule has 2 aromatic carbocycles. The van der Waals surface area contributed by atoms with Gasteiger partial charge < -0.3 is 5.32 Å². The van der Waals surface area contributed by atoms with Crippen molar-refractivity contribution in [2.75, 3.05) is 5.32 Å². The number of rotatable bonds is 3. The quantitative estimate of drug-likeness (QED) is 0.705. The monoisotopic (exact) mass is 345 g/mol. The van der Waals surface area contributed by atoms with Crippen molar-refractivity contribution >= 4 is 34.8 Å². The summed E-state index contributed by atoms with van der Waals surface area (Å²) in [4.78, 5) is 12.3. The zero-order chi connectivity index (χ0) is 16.4. The number of H-pyrrole nitrogens is 1. The summed E-state index contributed by atoms with van der Waals surface area (Å²) in [7, 11) is 0. The number of aryl methyl sites for hydroxylation is 1. The van der Waals surface area contributed by atoms with E-state index in [1.54, 1.807) is 24.3 Å². The molecule has 23 heavy (non-hydrogen) atoms. The second kappa shape index (κ2) is 6.44. The van der Waals surface area contributed by atoms with Crippen molar-refractivity contribution in [1.82, 2.24) is 10.2 Å². The normalized spacial score (nSPS) is 10.6. The van der Waals surface area contributed by atoms with Gasteiger partial charge in [0.05, 0.1) is 21.4 Å². The fraction of sp³-hybridized carbons (Fsp3) is 0.0588. The summed E-state index contributed by atoms with van der Waals surface area (Å²) in [5, 5.41) is 10.3. The van der Waals surface area contributed by atoms with Gasteiger partial charge in [-0.25, -0.2) is 0 Å². The summed E-state index contributed by atoms with van der Waals surface area (Å²) >= 11 is 12.0. The summed E-state index contributed by atoms with van der Waals surface area (Å²) in [6.07, 6.45) is 0. The minimum absolute atomic E-state index is 0.306. The maximum Gasteiger partial charge on any atom is 0.273 e. The highest BCUT2D eigenvalue weighted by molar-refractivity contribution is 6.44. The lowest BCUT2D eigenvalue weighted by Crippen LogP contribution is -2.12. The van der Waals surface area contributed by atoms with Gasteiger partial charge in [0, 0.05) is 5.56 Å². The van der Waals surface area contributed by atoms with Crippen LogP contribution in [0.1, 0.15) is 16.1 Å². The molecule has 0 bridgehead atoms. The number of aromatic nitrogens is 2. The van der Waals surface area contributed by atoms with Gasteiger partial charge in [-0.15, -0.1) is 0 Å². The number of benzene rings is 2. The summed E-state index contributed by atoms with van der Waals surface area (Å²) in [5.74, 6) is -0.333. The van der Waals surface area contributed by atoms with E-state index in [9.17, 15) is 4.79 Å². The number of carbonyl (C=O) groups excluding carboxylic acids is 1. The number of hydrogen-bond donors (Lipinski definition) is 2. The van der Waals surface area contributed by atoms with E-state index < -0.39 is 0 Å². The van der Waals surface area contributed by atoms with Crippen LogP contribution in [0.25, 0.3) is 11.3 Å². The highest BCUT2D eigenvalue weighted by atomic mass is 35.5. The number of aromatic amines is 1. The molecule has 0 spiro atoms. The Morgan fingerprint density at radius 3 is 2.61 bits per heavy atom. The van der Waals surface area contributed by atoms with E-state index in [1.807, 2.05) is 31.2 Å². The first-order valence-corrected chi connectivity index (χ1v) is 7.68. The fourth-order valence-electron chi connectivity index (χ4n) is 2.10. The highest BCUT2D eigenvalue weighted by Crippen LogP contribution is 2.30. The standard InChI is InChI=1S/C17H13Cl2N3O/c1-10-5-7-11(8-6-10)14-9-15(22-21-14)17(23)20-13-4-2-3-12(18)16(13)19/h2-9H,1H3,(H,20,23)(H,21,22). The Morgan fingerprint density at radius 2 is 1.87 bits per heavy atom. The van der Waals surface area contributed by atoms with Crippen molar-refractivity contribution in [3.05, 3.63) is 69.8 Å². The van der Waals surface area contributed by atoms with Crippen molar-refractivity contribution in [2.45, 2.75) is 6.92 Å². The number of halogens is 2. The summed E-state index contributed by atoms with van der Waals surface area (Å²) in [6.45, 7) is 2.02. The predicted octanol–water partition coefficient (Wildman–Crippen LogP) is 4.94. The average Bonchev–Trinajstić information content (AvgIpc) is 3.02. The molecule has 3 aromatic rings. The smallest absolute Gasteiger partial charge is 0.273 e. The van der Waals surface area contributed by atoms with E-state index in [2.05, 4.69) is 15.5 Å². The molecule has 3 rings (SSSR count). The largest absolute Gasteiger partial charge is 0.319 e. The zero-order valence-electron chi connectivity index (χ0n) is 12.2. The van der Waals surface area contributed by atoms with Crippen LogP contribution in [0, 0.1) is 6.92 Å². The Balaban J connectivity index is 1.81. The minimum atomic E-state index is -0.333. The molecule has 1 heterocycles. The van der Waals surface area contributed by atoms with Crippen molar-refractivity contribution in [3.63, 3.8) is 0 Å². The topological polar surface area (TPSA) is 57.8 Å². The van der Waals surface area contributed by atoms with Crippen molar-refractivity contribution < 1.29 is 4.79 Å². The Kier molecular flexibility index (Phi) is 4.37. The molecule has 0 aliphatic heterocycles. The SMILES string of the molecule is Cc1ccc(-c2cc(C(=O)Nc3cccc(Cl)c3Cl)[nH]n2)cc1. The lowest BCUT2D eigenvalue weighted by Gasteiger charge is -2.06. The molecule has 1 aromatic heterocycles. The maximum absolute atomic E-state index is 12.3. The molecule has 2 N–H and O–H groups in total. The molecular formula is C17H13Cl2N3O. The van der Waals surface area contributed by atoms with Gasteiger partial charge in [0.25, 0.3) is 5.91 Å². The summed E-state index contributed by atoms with van der Waals surface area (Å²) < 4.78 is 0. The third kappa shape index (κ3) is 3.38. The minimum Gasteiger partial charge on any atom is -0.319 e. The van der Waals surface area contributed by atoms with E-state index >= 15 is 0 Å². The van der Waals surface area contributed by atoms with Gasteiger partial charge in [-0.05, 0) is 25.1 Å². The molecule has 0 aliphatic rings. The molecule has 6 heteroatoms. The first kappa shape index (κ1) is 15.6. The van der Waals surface area contributed by atoms with E-state index in [0.29, 0.717) is 27.1 Å². The van der Waals surface area contributed by atoms with E-state index in [0.717, 1.165) is 11.1 Å². The molecule has 0 radical (unpaired) electrons. The van der Waals surface area contributed by atoms with Crippen LogP contribution in [-0.4, -0.2) is 16.1 Å². The van der Waals surface area contributed by atoms with Gasteiger partial charge in [-0.1, -0.05) is 59.1 Å². The second-order valence-electron chi connectivity index (χ2n) is 5.09. The van der Waals surface area contributed by atoms with Gasteiger partial charge >= 0.3 is 0 Å². The van der Waals surface area contributed by atoms with Gasteiger partial charge in [-0.3, -0.25) is 9.89 Å². The van der Waals surface area contributed by atoms with Gasteiger partial charge in [0.2, 0.25) is 0 Å². The van der Waals surface area contributed by atoms with Gasteiger partial charge in [0.15, 0.2) is 0 Å². The first-order chi connectivity index (χ1) is 11.0. The molecule has 116 valence electrons. The van der Waals surface area contributed by atoms with E-state index in [-0.39, 0.29) is 5.91 Å². The van der Waals surface area contributed by atoms with Crippen LogP contribution in [0.2, 0.25) is 10.0 Å². The number of anilines is 1. The van der Waals surface area contributed by atoms with E-state index in [1.165, 1.54) is 0 Å². The van der Waals surface area contributed by atoms with Crippen LogP contribution in [0.3, 0.4) is 0 Å². The number of carbonyl (C=O) groups is 1. The zero-order valence-corrected chi connectivity index (χ0v) is 13.7. The molecule has 0 saturated carbocycles. The van der Waals surface area contributed by atoms with Crippen LogP contribution in [-0.2, 0) is 0 Å². The van der Waals surface area contributed by atoms with E-state index in [4.69, 9.17) is 23.2 Å². The lowest BCUT2D eigenvalue weighted by atomic mass is 10.1. The Morgan fingerprint density at radius 1 is 1.13 bits per heavy atom. The van der Waals surface area contributed by atoms with Gasteiger partial charge in [0.1, 0.15) is 5.69 Å². The van der Waals surface area contributed by atoms with Crippen molar-refractivity contribution in [3.8, 4) is 11.3 Å². The molecule has 0 aliphatic carbocycles. The van der Waals surface area contributed by atoms with Crippen LogP contribution in [0.15, 0.2) is 48.5 Å². The predicted molar refractivity (Wildman–Crippen MR) is 93.2 cm³/mol. The third-order valence-electron chi connectivity index (χ3n) is 3.37. The first-order valence-electron chi connectivity index (χ1n) is 6.92. The molecule has 0 fully saturated rings. The summed E-state index contributed by atoms with van der Waals surface area (Å²) in [5.41, 5.74) is 3.60. The maximum atomic E-state index is 12.3. The lowest BCUT2D eigenvalue weighted by molar-refractivity contribution is 0.102. The second-order valence-corrected chi connectivity index (χ2v) is 5.87. The molecule has 1 amide bonds. The van der Waals surface area contributed by atoms with Gasteiger partial charge in [-0.2, -0.15) is 5.10 Å². The number of amides is 1. The Hall–Kier alpha value is -2.30. The number of nitrogens with zero attached hydrogens (tertiary/aromatic N) is 1. The summed E-state index contributed by atoms with van der Waals surface area (Å²) in [6, 6.07) is 14.7. The molecule has 4 nitrogen and oxygen atoms in total. The van der Waals surface area contributed by atoms with Crippen molar-refractivity contribution in [2.24, 2.45) is 0 Å². The van der Waals surface area contributed by atoms with Crippen LogP contribution >= 0.6 is 23.2 Å². The van der Waals surface area contributed by atoms with Crippen LogP contribution < -0.4 is 5.32 Å². The number of hydrogen-bond acceptors (Lipinski definition) is 2. The van der Waals surface area contributed by atoms with Crippen LogP contribution in [0.4, 0.5) is 5.69 Å². The molecule has 0 atom stereocenters. The highest BCUT2D eigenvalue weighted by Gasteiger charge is 2.13. The Bertz CT molecular complexity index is 857. The fourth-order valence-corrected chi connectivity index (χ4v) is 2.45. The average molecular weight is 346 g/mol.